The maximum Gasteiger partial charge on any atom is 0.263 e. The third kappa shape index (κ3) is 4.99. The molecule has 0 aliphatic carbocycles. The predicted octanol–water partition coefficient (Wildman–Crippen LogP) is -0.935. The van der Waals surface area contributed by atoms with Crippen molar-refractivity contribution in [2.45, 2.75) is 31.5 Å². The Kier molecular flexibility index (Phi) is 6.43. The summed E-state index contributed by atoms with van der Waals surface area (Å²) >= 11 is 0. The van der Waals surface area contributed by atoms with Crippen LogP contribution in [0.4, 0.5) is 0 Å². The molecule has 2 unspecified atom stereocenters. The van der Waals surface area contributed by atoms with Crippen LogP contribution in [0.3, 0.4) is 0 Å². The monoisotopic (exact) mass is 244 g/mol. The molecule has 6 heteroatoms. The molecule has 0 aromatic rings. The number of likely N-dealkylation sites (N-methyl/N-ethyl adjacent to an activating group) is 1. The van der Waals surface area contributed by atoms with Crippen molar-refractivity contribution in [3.63, 3.8) is 0 Å². The highest BCUT2D eigenvalue weighted by atomic mass is 16.5. The summed E-state index contributed by atoms with van der Waals surface area (Å²) in [6.45, 7) is 2.93. The summed E-state index contributed by atoms with van der Waals surface area (Å²) < 4.78 is 5.64. The van der Waals surface area contributed by atoms with Crippen molar-refractivity contribution < 1.29 is 9.53 Å². The zero-order chi connectivity index (χ0) is 12.7. The van der Waals surface area contributed by atoms with Crippen molar-refractivity contribution in [1.82, 2.24) is 15.6 Å². The average molecular weight is 244 g/mol. The highest BCUT2D eigenvalue weighted by Crippen LogP contribution is 2.20. The van der Waals surface area contributed by atoms with E-state index < -0.39 is 0 Å². The van der Waals surface area contributed by atoms with Crippen LogP contribution in [0.1, 0.15) is 19.3 Å². The molecule has 0 radical (unpaired) electrons. The van der Waals surface area contributed by atoms with E-state index in [1.54, 1.807) is 0 Å². The topological polar surface area (TPSA) is 79.6 Å². The molecule has 1 fully saturated rings. The summed E-state index contributed by atoms with van der Waals surface area (Å²) in [5, 5.41) is 3.12. The summed E-state index contributed by atoms with van der Waals surface area (Å²) in [6, 6.07) is 0. The minimum absolute atomic E-state index is 0.150. The van der Waals surface area contributed by atoms with E-state index in [4.69, 9.17) is 10.6 Å². The average Bonchev–Trinajstić information content (AvgIpc) is 2.77. The summed E-state index contributed by atoms with van der Waals surface area (Å²) in [5.74, 6) is 4.87. The molecule has 1 amide bonds. The number of hydrogen-bond donors (Lipinski definition) is 3. The second-order valence-electron chi connectivity index (χ2n) is 4.55. The number of ether oxygens (including phenoxy) is 1. The Balaban J connectivity index is 2.18. The molecule has 17 heavy (non-hydrogen) atoms. The lowest BCUT2D eigenvalue weighted by atomic mass is 10.2. The molecule has 2 atom stereocenters. The molecule has 100 valence electrons. The smallest absolute Gasteiger partial charge is 0.263 e. The lowest BCUT2D eigenvalue weighted by Crippen LogP contribution is -2.40. The van der Waals surface area contributed by atoms with Crippen molar-refractivity contribution in [2.24, 2.45) is 5.84 Å². The minimum atomic E-state index is -0.365. The number of amides is 1. The number of nitrogens with zero attached hydrogens (tertiary/aromatic N) is 1. The van der Waals surface area contributed by atoms with Gasteiger partial charge in [-0.15, -0.1) is 0 Å². The quantitative estimate of drug-likeness (QED) is 0.233. The van der Waals surface area contributed by atoms with Crippen molar-refractivity contribution in [3.05, 3.63) is 0 Å². The number of nitrogens with one attached hydrogen (secondary N) is 2. The van der Waals surface area contributed by atoms with Gasteiger partial charge in [-0.2, -0.15) is 0 Å². The Morgan fingerprint density at radius 1 is 1.53 bits per heavy atom. The van der Waals surface area contributed by atoms with Gasteiger partial charge in [-0.05, 0) is 46.4 Å². The van der Waals surface area contributed by atoms with E-state index in [1.165, 1.54) is 0 Å². The van der Waals surface area contributed by atoms with Gasteiger partial charge in [0.05, 0.1) is 6.10 Å². The van der Waals surface area contributed by atoms with E-state index in [-0.39, 0.29) is 18.1 Å². The molecule has 1 rings (SSSR count). The van der Waals surface area contributed by atoms with Crippen LogP contribution in [0.5, 0.6) is 0 Å². The standard InChI is InChI=1S/C11H24N4O2/c1-13-6-3-7-15(2)8-9-4-5-10(17-9)11(16)14-12/h9-10,13H,3-8,12H2,1-2H3,(H,14,16). The minimum Gasteiger partial charge on any atom is -0.364 e. The fraction of sp³-hybridized carbons (Fsp3) is 0.909. The molecule has 6 nitrogen and oxygen atoms in total. The third-order valence-electron chi connectivity index (χ3n) is 3.02. The number of carbonyl (C=O) groups excluding carboxylic acids is 1. The first-order chi connectivity index (χ1) is 8.17. The van der Waals surface area contributed by atoms with Gasteiger partial charge in [0.15, 0.2) is 0 Å². The van der Waals surface area contributed by atoms with Crippen molar-refractivity contribution in [2.75, 3.05) is 33.7 Å². The third-order valence-corrected chi connectivity index (χ3v) is 3.02. The van der Waals surface area contributed by atoms with Gasteiger partial charge < -0.3 is 15.0 Å². The van der Waals surface area contributed by atoms with Gasteiger partial charge in [-0.25, -0.2) is 5.84 Å². The molecular formula is C11H24N4O2. The SMILES string of the molecule is CNCCCN(C)CC1CCC(C(=O)NN)O1. The first-order valence-corrected chi connectivity index (χ1v) is 6.16. The molecule has 4 N–H and O–H groups in total. The zero-order valence-corrected chi connectivity index (χ0v) is 10.7. The molecule has 0 saturated carbocycles. The van der Waals surface area contributed by atoms with E-state index in [0.717, 1.165) is 38.9 Å². The van der Waals surface area contributed by atoms with Crippen LogP contribution in [0, 0.1) is 0 Å². The van der Waals surface area contributed by atoms with E-state index in [9.17, 15) is 4.79 Å². The van der Waals surface area contributed by atoms with Gasteiger partial charge in [-0.3, -0.25) is 10.2 Å². The molecular weight excluding hydrogens is 220 g/mol. The van der Waals surface area contributed by atoms with Crippen molar-refractivity contribution in [1.29, 1.82) is 0 Å². The lowest BCUT2D eigenvalue weighted by Gasteiger charge is -2.21. The fourth-order valence-corrected chi connectivity index (χ4v) is 2.09. The Morgan fingerprint density at radius 2 is 2.29 bits per heavy atom. The molecule has 1 aliphatic heterocycles. The molecule has 1 aliphatic rings. The highest BCUT2D eigenvalue weighted by Gasteiger charge is 2.30. The van der Waals surface area contributed by atoms with Gasteiger partial charge in [0, 0.05) is 6.54 Å². The predicted molar refractivity (Wildman–Crippen MR) is 66.3 cm³/mol. The number of carbonyl (C=O) groups is 1. The van der Waals surface area contributed by atoms with E-state index in [2.05, 4.69) is 22.7 Å². The molecule has 0 spiro atoms. The highest BCUT2D eigenvalue weighted by molar-refractivity contribution is 5.80. The first-order valence-electron chi connectivity index (χ1n) is 6.16. The lowest BCUT2D eigenvalue weighted by molar-refractivity contribution is -0.132. The van der Waals surface area contributed by atoms with Crippen LogP contribution in [0.15, 0.2) is 0 Å². The number of nitrogens with two attached hydrogens (primary N) is 1. The van der Waals surface area contributed by atoms with Gasteiger partial charge >= 0.3 is 0 Å². The summed E-state index contributed by atoms with van der Waals surface area (Å²) in [7, 11) is 4.03. The Morgan fingerprint density at radius 3 is 2.94 bits per heavy atom. The van der Waals surface area contributed by atoms with Gasteiger partial charge in [0.25, 0.3) is 5.91 Å². The van der Waals surface area contributed by atoms with Crippen LogP contribution < -0.4 is 16.6 Å². The number of rotatable bonds is 7. The molecule has 1 heterocycles. The van der Waals surface area contributed by atoms with Crippen LogP contribution in [0.25, 0.3) is 0 Å². The van der Waals surface area contributed by atoms with E-state index >= 15 is 0 Å². The molecule has 0 bridgehead atoms. The molecule has 0 aromatic heterocycles. The Labute approximate surface area is 103 Å². The van der Waals surface area contributed by atoms with Crippen LogP contribution in [-0.2, 0) is 9.53 Å². The molecule has 0 aromatic carbocycles. The zero-order valence-electron chi connectivity index (χ0n) is 10.7. The normalized spacial score (nSPS) is 24.2. The Bertz CT molecular complexity index is 238. The van der Waals surface area contributed by atoms with E-state index in [1.807, 2.05) is 7.05 Å². The fourth-order valence-electron chi connectivity index (χ4n) is 2.09. The van der Waals surface area contributed by atoms with Crippen LogP contribution in [-0.4, -0.2) is 56.7 Å². The van der Waals surface area contributed by atoms with Crippen LogP contribution in [0.2, 0.25) is 0 Å². The van der Waals surface area contributed by atoms with Crippen LogP contribution >= 0.6 is 0 Å². The van der Waals surface area contributed by atoms with Crippen molar-refractivity contribution >= 4 is 5.91 Å². The first kappa shape index (κ1) is 14.4. The largest absolute Gasteiger partial charge is 0.364 e. The summed E-state index contributed by atoms with van der Waals surface area (Å²) in [5.41, 5.74) is 2.14. The van der Waals surface area contributed by atoms with Gasteiger partial charge in [-0.1, -0.05) is 0 Å². The maximum atomic E-state index is 11.3. The molecule has 1 saturated heterocycles. The summed E-state index contributed by atoms with van der Waals surface area (Å²) in [6.07, 6.45) is 2.59. The van der Waals surface area contributed by atoms with Gasteiger partial charge in [0.2, 0.25) is 0 Å². The number of hydrazine groups is 1. The maximum absolute atomic E-state index is 11.3. The van der Waals surface area contributed by atoms with Gasteiger partial charge in [0.1, 0.15) is 6.10 Å². The Hall–Kier alpha value is -0.690. The second kappa shape index (κ2) is 7.60. The van der Waals surface area contributed by atoms with E-state index in [0.29, 0.717) is 0 Å². The summed E-state index contributed by atoms with van der Waals surface area (Å²) in [4.78, 5) is 13.5. The number of hydrogen-bond acceptors (Lipinski definition) is 5. The van der Waals surface area contributed by atoms with Crippen molar-refractivity contribution in [3.8, 4) is 0 Å². The second-order valence-corrected chi connectivity index (χ2v) is 4.55.